The van der Waals surface area contributed by atoms with Crippen molar-refractivity contribution in [3.63, 3.8) is 0 Å². The Morgan fingerprint density at radius 2 is 2.05 bits per heavy atom. The van der Waals surface area contributed by atoms with Crippen LogP contribution in [0.25, 0.3) is 0 Å². The number of nitrogens with one attached hydrogen (secondary N) is 2. The topological polar surface area (TPSA) is 41.1 Å². The molecule has 0 aromatic heterocycles. The van der Waals surface area contributed by atoms with Crippen LogP contribution in [-0.4, -0.2) is 18.6 Å². The molecule has 0 bridgehead atoms. The van der Waals surface area contributed by atoms with Crippen molar-refractivity contribution >= 4 is 17.3 Å². The van der Waals surface area contributed by atoms with Gasteiger partial charge in [-0.3, -0.25) is 4.79 Å². The first-order valence-corrected chi connectivity index (χ1v) is 5.92. The maximum Gasteiger partial charge on any atom is 0.405 e. The number of anilines is 2. The van der Waals surface area contributed by atoms with Gasteiger partial charge in [-0.25, -0.2) is 0 Å². The molecule has 1 heterocycles. The van der Waals surface area contributed by atoms with E-state index in [1.54, 1.807) is 12.1 Å². The molecule has 0 radical (unpaired) electrons. The summed E-state index contributed by atoms with van der Waals surface area (Å²) in [6, 6.07) is 4.83. The molecule has 1 aliphatic heterocycles. The van der Waals surface area contributed by atoms with Crippen molar-refractivity contribution in [3.8, 4) is 0 Å². The first kappa shape index (κ1) is 13.7. The number of alkyl halides is 3. The Kier molecular flexibility index (Phi) is 3.20. The van der Waals surface area contributed by atoms with Gasteiger partial charge in [-0.1, -0.05) is 13.8 Å². The van der Waals surface area contributed by atoms with Crippen molar-refractivity contribution in [2.24, 2.45) is 0 Å². The Morgan fingerprint density at radius 3 is 2.68 bits per heavy atom. The first-order chi connectivity index (χ1) is 8.67. The highest BCUT2D eigenvalue weighted by atomic mass is 19.4. The smallest absolute Gasteiger partial charge is 0.376 e. The first-order valence-electron chi connectivity index (χ1n) is 5.92. The van der Waals surface area contributed by atoms with Gasteiger partial charge in [0, 0.05) is 23.2 Å². The summed E-state index contributed by atoms with van der Waals surface area (Å²) in [5.74, 6) is -0.0755. The number of carbonyl (C=O) groups excluding carboxylic acids is 1. The quantitative estimate of drug-likeness (QED) is 0.867. The molecule has 6 heteroatoms. The zero-order chi connectivity index (χ0) is 14.3. The van der Waals surface area contributed by atoms with Crippen molar-refractivity contribution in [2.45, 2.75) is 31.9 Å². The van der Waals surface area contributed by atoms with Crippen LogP contribution >= 0.6 is 0 Å². The summed E-state index contributed by atoms with van der Waals surface area (Å²) < 4.78 is 36.5. The number of hydrogen-bond donors (Lipinski definition) is 2. The predicted octanol–water partition coefficient (Wildman–Crippen LogP) is 3.28. The molecule has 0 atom stereocenters. The van der Waals surface area contributed by atoms with Crippen molar-refractivity contribution in [3.05, 3.63) is 23.8 Å². The van der Waals surface area contributed by atoms with Crippen molar-refractivity contribution in [2.75, 3.05) is 17.2 Å². The molecular formula is C13H15F3N2O. The van der Waals surface area contributed by atoms with E-state index < -0.39 is 12.7 Å². The lowest BCUT2D eigenvalue weighted by Crippen LogP contribution is -2.32. The molecule has 0 aliphatic carbocycles. The summed E-state index contributed by atoms with van der Waals surface area (Å²) in [6.45, 7) is 2.73. The van der Waals surface area contributed by atoms with E-state index in [1.165, 1.54) is 6.07 Å². The Morgan fingerprint density at radius 1 is 1.37 bits per heavy atom. The molecule has 1 aliphatic rings. The van der Waals surface area contributed by atoms with Crippen LogP contribution in [0.15, 0.2) is 18.2 Å². The van der Waals surface area contributed by atoms with Crippen LogP contribution in [0.4, 0.5) is 24.5 Å². The zero-order valence-corrected chi connectivity index (χ0v) is 10.7. The molecule has 104 valence electrons. The largest absolute Gasteiger partial charge is 0.405 e. The van der Waals surface area contributed by atoms with E-state index in [1.807, 2.05) is 13.8 Å². The molecule has 2 N–H and O–H groups in total. The molecule has 3 nitrogen and oxygen atoms in total. The van der Waals surface area contributed by atoms with Gasteiger partial charge in [0.25, 0.3) is 0 Å². The number of benzene rings is 1. The maximum absolute atomic E-state index is 12.2. The van der Waals surface area contributed by atoms with E-state index in [4.69, 9.17) is 0 Å². The molecule has 0 unspecified atom stereocenters. The van der Waals surface area contributed by atoms with Gasteiger partial charge in [-0.2, -0.15) is 13.2 Å². The summed E-state index contributed by atoms with van der Waals surface area (Å²) in [4.78, 5) is 11.5. The van der Waals surface area contributed by atoms with Gasteiger partial charge in [-0.05, 0) is 23.8 Å². The van der Waals surface area contributed by atoms with Crippen LogP contribution < -0.4 is 10.6 Å². The molecular weight excluding hydrogens is 257 g/mol. The molecule has 0 saturated heterocycles. The highest BCUT2D eigenvalue weighted by Gasteiger charge is 2.32. The van der Waals surface area contributed by atoms with Gasteiger partial charge in [0.15, 0.2) is 0 Å². The lowest BCUT2D eigenvalue weighted by molar-refractivity contribution is -0.117. The average molecular weight is 272 g/mol. The van der Waals surface area contributed by atoms with E-state index in [-0.39, 0.29) is 11.3 Å². The molecule has 1 aromatic carbocycles. The van der Waals surface area contributed by atoms with E-state index in [0.29, 0.717) is 17.8 Å². The number of amides is 1. The number of rotatable bonds is 2. The number of hydrogen-bond acceptors (Lipinski definition) is 2. The summed E-state index contributed by atoms with van der Waals surface area (Å²) >= 11 is 0. The second kappa shape index (κ2) is 4.43. The number of carbonyl (C=O) groups is 1. The van der Waals surface area contributed by atoms with Crippen LogP contribution in [-0.2, 0) is 10.2 Å². The third-order valence-electron chi connectivity index (χ3n) is 3.12. The Hall–Kier alpha value is -1.72. The Labute approximate surface area is 109 Å². The Bertz CT molecular complexity index is 509. The van der Waals surface area contributed by atoms with Gasteiger partial charge in [0.05, 0.1) is 0 Å². The second-order valence-electron chi connectivity index (χ2n) is 5.34. The van der Waals surface area contributed by atoms with Gasteiger partial charge >= 0.3 is 6.18 Å². The minimum Gasteiger partial charge on any atom is -0.376 e. The van der Waals surface area contributed by atoms with Gasteiger partial charge in [-0.15, -0.1) is 0 Å². The normalized spacial score (nSPS) is 17.6. The van der Waals surface area contributed by atoms with E-state index in [0.717, 1.165) is 5.56 Å². The van der Waals surface area contributed by atoms with Crippen LogP contribution in [0.5, 0.6) is 0 Å². The molecule has 19 heavy (non-hydrogen) atoms. The Balaban J connectivity index is 2.26. The van der Waals surface area contributed by atoms with Crippen LogP contribution in [0, 0.1) is 0 Å². The van der Waals surface area contributed by atoms with Gasteiger partial charge < -0.3 is 10.6 Å². The predicted molar refractivity (Wildman–Crippen MR) is 67.3 cm³/mol. The SMILES string of the molecule is CC1(C)CC(=O)Nc2ccc(NCC(F)(F)F)cc21. The average Bonchev–Trinajstić information content (AvgIpc) is 2.24. The van der Waals surface area contributed by atoms with E-state index >= 15 is 0 Å². The van der Waals surface area contributed by atoms with Gasteiger partial charge in [0.2, 0.25) is 5.91 Å². The summed E-state index contributed by atoms with van der Waals surface area (Å²) in [6.07, 6.45) is -3.93. The standard InChI is InChI=1S/C13H15F3N2O/c1-12(2)6-11(19)18-10-4-3-8(5-9(10)12)17-7-13(14,15)16/h3-5,17H,6-7H2,1-2H3,(H,18,19). The summed E-state index contributed by atoms with van der Waals surface area (Å²) in [7, 11) is 0. The monoisotopic (exact) mass is 272 g/mol. The molecule has 2 rings (SSSR count). The van der Waals surface area contributed by atoms with Crippen LogP contribution in [0.1, 0.15) is 25.8 Å². The highest BCUT2D eigenvalue weighted by molar-refractivity contribution is 5.95. The summed E-state index contributed by atoms with van der Waals surface area (Å²) in [5.41, 5.74) is 1.53. The molecule has 0 fully saturated rings. The fourth-order valence-corrected chi connectivity index (χ4v) is 2.22. The minimum absolute atomic E-state index is 0.0755. The third-order valence-corrected chi connectivity index (χ3v) is 3.12. The van der Waals surface area contributed by atoms with E-state index in [9.17, 15) is 18.0 Å². The molecule has 0 spiro atoms. The van der Waals surface area contributed by atoms with E-state index in [2.05, 4.69) is 10.6 Å². The zero-order valence-electron chi connectivity index (χ0n) is 10.7. The number of fused-ring (bicyclic) bond motifs is 1. The number of halogens is 3. The highest BCUT2D eigenvalue weighted by Crippen LogP contribution is 2.38. The van der Waals surface area contributed by atoms with Crippen LogP contribution in [0.3, 0.4) is 0 Å². The molecule has 0 saturated carbocycles. The van der Waals surface area contributed by atoms with Crippen molar-refractivity contribution in [1.82, 2.24) is 0 Å². The van der Waals surface area contributed by atoms with Gasteiger partial charge in [0.1, 0.15) is 6.54 Å². The maximum atomic E-state index is 12.2. The lowest BCUT2D eigenvalue weighted by atomic mass is 9.78. The molecule has 1 amide bonds. The van der Waals surface area contributed by atoms with Crippen molar-refractivity contribution in [1.29, 1.82) is 0 Å². The minimum atomic E-state index is -4.25. The van der Waals surface area contributed by atoms with Crippen LogP contribution in [0.2, 0.25) is 0 Å². The molecule has 1 aromatic rings. The third kappa shape index (κ3) is 3.19. The lowest BCUT2D eigenvalue weighted by Gasteiger charge is -2.32. The second-order valence-corrected chi connectivity index (χ2v) is 5.34. The fraction of sp³-hybridized carbons (Fsp3) is 0.462. The van der Waals surface area contributed by atoms with Crippen molar-refractivity contribution < 1.29 is 18.0 Å². The fourth-order valence-electron chi connectivity index (χ4n) is 2.22. The summed E-state index contributed by atoms with van der Waals surface area (Å²) in [5, 5.41) is 5.07.